The number of rotatable bonds is 4. The van der Waals surface area contributed by atoms with E-state index in [9.17, 15) is 13.2 Å². The first-order valence-corrected chi connectivity index (χ1v) is 9.82. The van der Waals surface area contributed by atoms with Gasteiger partial charge in [0, 0.05) is 30.5 Å². The van der Waals surface area contributed by atoms with Crippen LogP contribution >= 0.6 is 11.6 Å². The molecule has 8 heteroatoms. The summed E-state index contributed by atoms with van der Waals surface area (Å²) >= 11 is 5.79. The quantitative estimate of drug-likeness (QED) is 0.827. The van der Waals surface area contributed by atoms with Crippen molar-refractivity contribution in [2.45, 2.75) is 24.2 Å². The van der Waals surface area contributed by atoms with Crippen LogP contribution in [0.5, 0.6) is 0 Å². The van der Waals surface area contributed by atoms with Gasteiger partial charge in [0.05, 0.1) is 4.90 Å². The van der Waals surface area contributed by atoms with Gasteiger partial charge in [-0.15, -0.1) is 0 Å². The number of carbonyl (C=O) groups is 1. The van der Waals surface area contributed by atoms with Gasteiger partial charge in [0.25, 0.3) is 5.91 Å². The molecule has 1 N–H and O–H groups in total. The number of amides is 1. The van der Waals surface area contributed by atoms with Crippen LogP contribution in [-0.2, 0) is 10.0 Å². The molecular weight excluding hydrogens is 362 g/mol. The monoisotopic (exact) mass is 379 g/mol. The number of hydrogen-bond donors (Lipinski definition) is 1. The zero-order valence-corrected chi connectivity index (χ0v) is 15.1. The highest BCUT2D eigenvalue weighted by atomic mass is 35.5. The molecule has 0 atom stereocenters. The fourth-order valence-electron chi connectivity index (χ4n) is 2.74. The second-order valence-corrected chi connectivity index (χ2v) is 8.14. The molecule has 2 heterocycles. The first-order valence-electron chi connectivity index (χ1n) is 8.00. The fraction of sp³-hybridized carbons (Fsp3) is 0.294. The fourth-order valence-corrected chi connectivity index (χ4v) is 4.47. The normalized spacial score (nSPS) is 15.7. The number of halogens is 1. The van der Waals surface area contributed by atoms with Crippen molar-refractivity contribution >= 4 is 33.2 Å². The highest BCUT2D eigenvalue weighted by Gasteiger charge is 2.26. The Labute approximate surface area is 151 Å². The van der Waals surface area contributed by atoms with Crippen LogP contribution in [0.2, 0.25) is 5.15 Å². The van der Waals surface area contributed by atoms with Crippen molar-refractivity contribution in [3.8, 4) is 0 Å². The lowest BCUT2D eigenvalue weighted by atomic mass is 10.2. The highest BCUT2D eigenvalue weighted by Crippen LogP contribution is 2.23. The van der Waals surface area contributed by atoms with Gasteiger partial charge in [-0.25, -0.2) is 13.4 Å². The minimum Gasteiger partial charge on any atom is -0.322 e. The van der Waals surface area contributed by atoms with Crippen LogP contribution < -0.4 is 5.32 Å². The van der Waals surface area contributed by atoms with Crippen LogP contribution in [0, 0.1) is 0 Å². The molecule has 1 aromatic carbocycles. The lowest BCUT2D eigenvalue weighted by Gasteiger charge is -2.26. The molecule has 0 saturated carbocycles. The van der Waals surface area contributed by atoms with Crippen molar-refractivity contribution in [2.75, 3.05) is 18.4 Å². The number of sulfonamides is 1. The third kappa shape index (κ3) is 4.18. The van der Waals surface area contributed by atoms with Crippen molar-refractivity contribution in [3.63, 3.8) is 0 Å². The molecule has 1 aromatic heterocycles. The number of pyridine rings is 1. The summed E-state index contributed by atoms with van der Waals surface area (Å²) in [6.07, 6.45) is 4.24. The molecule has 1 aliphatic rings. The van der Waals surface area contributed by atoms with Gasteiger partial charge in [0.2, 0.25) is 10.0 Å². The van der Waals surface area contributed by atoms with Gasteiger partial charge in [-0.2, -0.15) is 4.31 Å². The van der Waals surface area contributed by atoms with Crippen molar-refractivity contribution in [2.24, 2.45) is 0 Å². The summed E-state index contributed by atoms with van der Waals surface area (Å²) in [4.78, 5) is 16.3. The smallest absolute Gasteiger partial charge is 0.255 e. The molecule has 0 bridgehead atoms. The van der Waals surface area contributed by atoms with E-state index in [4.69, 9.17) is 11.6 Å². The molecule has 0 spiro atoms. The Morgan fingerprint density at radius 1 is 1.12 bits per heavy atom. The number of hydrogen-bond acceptors (Lipinski definition) is 4. The average Bonchev–Trinajstić information content (AvgIpc) is 2.62. The van der Waals surface area contributed by atoms with Gasteiger partial charge in [-0.1, -0.05) is 24.1 Å². The van der Waals surface area contributed by atoms with Crippen LogP contribution in [-0.4, -0.2) is 36.7 Å². The number of nitrogens with zero attached hydrogens (tertiary/aromatic N) is 2. The maximum atomic E-state index is 12.7. The topological polar surface area (TPSA) is 79.4 Å². The zero-order valence-electron chi connectivity index (χ0n) is 13.5. The van der Waals surface area contributed by atoms with E-state index < -0.39 is 10.0 Å². The summed E-state index contributed by atoms with van der Waals surface area (Å²) in [7, 11) is -3.54. The first-order chi connectivity index (χ1) is 12.0. The van der Waals surface area contributed by atoms with Crippen LogP contribution in [0.3, 0.4) is 0 Å². The Balaban J connectivity index is 1.80. The minimum atomic E-state index is -3.54. The lowest BCUT2D eigenvalue weighted by molar-refractivity contribution is 0.102. The van der Waals surface area contributed by atoms with Gasteiger partial charge < -0.3 is 5.32 Å². The molecule has 6 nitrogen and oxygen atoms in total. The van der Waals surface area contributed by atoms with E-state index in [1.807, 2.05) is 0 Å². The molecule has 0 unspecified atom stereocenters. The molecule has 1 saturated heterocycles. The second-order valence-electron chi connectivity index (χ2n) is 5.81. The highest BCUT2D eigenvalue weighted by molar-refractivity contribution is 7.89. The summed E-state index contributed by atoms with van der Waals surface area (Å²) in [6.45, 7) is 1.07. The largest absolute Gasteiger partial charge is 0.322 e. The number of anilines is 1. The number of piperidine rings is 1. The molecule has 132 valence electrons. The molecule has 3 rings (SSSR count). The van der Waals surface area contributed by atoms with Crippen molar-refractivity contribution in [3.05, 3.63) is 53.3 Å². The van der Waals surface area contributed by atoms with E-state index in [0.29, 0.717) is 24.3 Å². The SMILES string of the molecule is O=C(Nc1cccc(S(=O)(=O)N2CCCCC2)c1)c1ccnc(Cl)c1. The molecule has 1 fully saturated rings. The second kappa shape index (κ2) is 7.51. The zero-order chi connectivity index (χ0) is 17.9. The minimum absolute atomic E-state index is 0.181. The van der Waals surface area contributed by atoms with Gasteiger partial charge in [-0.3, -0.25) is 4.79 Å². The van der Waals surface area contributed by atoms with Crippen molar-refractivity contribution < 1.29 is 13.2 Å². The number of aromatic nitrogens is 1. The van der Waals surface area contributed by atoms with Gasteiger partial charge >= 0.3 is 0 Å². The van der Waals surface area contributed by atoms with E-state index in [1.54, 1.807) is 18.2 Å². The molecule has 2 aromatic rings. The summed E-state index contributed by atoms with van der Waals surface area (Å²) in [5.74, 6) is -0.378. The van der Waals surface area contributed by atoms with Crippen LogP contribution in [0.15, 0.2) is 47.5 Å². The molecule has 1 amide bonds. The molecular formula is C17H18ClN3O3S. The predicted molar refractivity (Wildman–Crippen MR) is 96.3 cm³/mol. The van der Waals surface area contributed by atoms with E-state index >= 15 is 0 Å². The Kier molecular flexibility index (Phi) is 5.36. The maximum Gasteiger partial charge on any atom is 0.255 e. The van der Waals surface area contributed by atoms with Crippen molar-refractivity contribution in [1.29, 1.82) is 0 Å². The molecule has 25 heavy (non-hydrogen) atoms. The van der Waals surface area contributed by atoms with Crippen molar-refractivity contribution in [1.82, 2.24) is 9.29 Å². The van der Waals surface area contributed by atoms with E-state index in [2.05, 4.69) is 10.3 Å². The Morgan fingerprint density at radius 2 is 1.88 bits per heavy atom. The van der Waals surface area contributed by atoms with Crippen LogP contribution in [0.4, 0.5) is 5.69 Å². The summed E-state index contributed by atoms with van der Waals surface area (Å²) in [6, 6.07) is 9.27. The van der Waals surface area contributed by atoms with E-state index in [-0.39, 0.29) is 16.0 Å². The van der Waals surface area contributed by atoms with E-state index in [1.165, 1.54) is 28.7 Å². The van der Waals surface area contributed by atoms with Crippen LogP contribution in [0.1, 0.15) is 29.6 Å². The maximum absolute atomic E-state index is 12.7. The summed E-state index contributed by atoms with van der Waals surface area (Å²) in [5.41, 5.74) is 0.764. The summed E-state index contributed by atoms with van der Waals surface area (Å²) < 4.78 is 27.0. The Bertz CT molecular complexity index is 880. The van der Waals surface area contributed by atoms with E-state index in [0.717, 1.165) is 19.3 Å². The number of nitrogens with one attached hydrogen (secondary N) is 1. The molecule has 0 radical (unpaired) electrons. The lowest BCUT2D eigenvalue weighted by Crippen LogP contribution is -2.35. The number of carbonyl (C=O) groups excluding carboxylic acids is 1. The molecule has 0 aliphatic carbocycles. The van der Waals surface area contributed by atoms with Gasteiger partial charge in [0.1, 0.15) is 5.15 Å². The molecule has 1 aliphatic heterocycles. The van der Waals surface area contributed by atoms with Gasteiger partial charge in [-0.05, 0) is 43.2 Å². The van der Waals surface area contributed by atoms with Crippen LogP contribution in [0.25, 0.3) is 0 Å². The third-order valence-corrected chi connectivity index (χ3v) is 6.13. The standard InChI is InChI=1S/C17H18ClN3O3S/c18-16-11-13(7-8-19-16)17(22)20-14-5-4-6-15(12-14)25(23,24)21-9-2-1-3-10-21/h4-8,11-12H,1-3,9-10H2,(H,20,22). The first kappa shape index (κ1) is 17.8. The average molecular weight is 380 g/mol. The van der Waals surface area contributed by atoms with Gasteiger partial charge in [0.15, 0.2) is 0 Å². The predicted octanol–water partition coefficient (Wildman–Crippen LogP) is 3.16. The summed E-state index contributed by atoms with van der Waals surface area (Å²) in [5, 5.41) is 2.91. The third-order valence-electron chi connectivity index (χ3n) is 4.03. The Morgan fingerprint density at radius 3 is 2.60 bits per heavy atom. The Hall–Kier alpha value is -1.96. The number of benzene rings is 1.